The highest BCUT2D eigenvalue weighted by atomic mass is 19.4. The first kappa shape index (κ1) is 20.5. The van der Waals surface area contributed by atoms with E-state index in [1.807, 2.05) is 0 Å². The quantitative estimate of drug-likeness (QED) is 0.232. The van der Waals surface area contributed by atoms with E-state index < -0.39 is 45.6 Å². The van der Waals surface area contributed by atoms with Gasteiger partial charge in [-0.15, -0.1) is 0 Å². The van der Waals surface area contributed by atoms with Crippen LogP contribution in [0.1, 0.15) is 36.2 Å². The van der Waals surface area contributed by atoms with Gasteiger partial charge in [0.05, 0.1) is 16.1 Å². The molecule has 1 aromatic carbocycles. The second-order valence-electron chi connectivity index (χ2n) is 5.01. The van der Waals surface area contributed by atoms with E-state index in [9.17, 15) is 32.9 Å². The van der Waals surface area contributed by atoms with Gasteiger partial charge in [0.25, 0.3) is 5.69 Å². The fourth-order valence-electron chi connectivity index (χ4n) is 2.01. The van der Waals surface area contributed by atoms with Crippen molar-refractivity contribution in [2.45, 2.75) is 32.5 Å². The summed E-state index contributed by atoms with van der Waals surface area (Å²) in [5.41, 5.74) is -2.87. The van der Waals surface area contributed by atoms with Crippen molar-refractivity contribution in [2.75, 3.05) is 6.61 Å². The molecule has 25 heavy (non-hydrogen) atoms. The molecule has 0 aliphatic rings. The Morgan fingerprint density at radius 2 is 1.92 bits per heavy atom. The molecule has 136 valence electrons. The molecule has 1 unspecified atom stereocenters. The van der Waals surface area contributed by atoms with Crippen LogP contribution in [0.4, 0.5) is 18.9 Å². The molecule has 0 bridgehead atoms. The van der Waals surface area contributed by atoms with Gasteiger partial charge in [0.2, 0.25) is 5.78 Å². The summed E-state index contributed by atoms with van der Waals surface area (Å²) in [6.07, 6.45) is -6.27. The van der Waals surface area contributed by atoms with Crippen molar-refractivity contribution in [3.8, 4) is 0 Å². The largest absolute Gasteiger partial charge is 0.416 e. The van der Waals surface area contributed by atoms with Gasteiger partial charge in [-0.1, -0.05) is 13.5 Å². The van der Waals surface area contributed by atoms with Gasteiger partial charge < -0.3 is 4.74 Å². The lowest BCUT2D eigenvalue weighted by molar-refractivity contribution is -0.385. The predicted octanol–water partition coefficient (Wildman–Crippen LogP) is 3.74. The van der Waals surface area contributed by atoms with Crippen LogP contribution < -0.4 is 0 Å². The molecule has 0 aliphatic carbocycles. The zero-order valence-corrected chi connectivity index (χ0v) is 13.6. The highest BCUT2D eigenvalue weighted by Crippen LogP contribution is 2.33. The average molecular weight is 359 g/mol. The Labute approximate surface area is 141 Å². The highest BCUT2D eigenvalue weighted by molar-refractivity contribution is 6.19. The molecular weight excluding hydrogens is 343 g/mol. The lowest BCUT2D eigenvalue weighted by Crippen LogP contribution is -2.34. The Kier molecular flexibility index (Phi) is 6.57. The Hall–Kier alpha value is -2.55. The minimum atomic E-state index is -4.81. The first-order valence-electron chi connectivity index (χ1n) is 7.28. The SMILES string of the molecule is C=C(CC)C(=O)C(OCC)C(=O)c1ccc(C(F)(F)F)cc1[N+](=O)[O-]. The average Bonchev–Trinajstić information content (AvgIpc) is 2.56. The summed E-state index contributed by atoms with van der Waals surface area (Å²) in [5.74, 6) is -1.84. The number of nitro groups is 1. The summed E-state index contributed by atoms with van der Waals surface area (Å²) in [6, 6.07) is 1.48. The van der Waals surface area contributed by atoms with Crippen LogP contribution in [-0.2, 0) is 15.7 Å². The monoisotopic (exact) mass is 359 g/mol. The third kappa shape index (κ3) is 4.72. The topological polar surface area (TPSA) is 86.5 Å². The smallest absolute Gasteiger partial charge is 0.362 e. The molecule has 1 aromatic rings. The van der Waals surface area contributed by atoms with E-state index in [0.717, 1.165) is 0 Å². The molecular formula is C16H16F3NO5. The molecule has 0 aromatic heterocycles. The first-order chi connectivity index (χ1) is 11.5. The fraction of sp³-hybridized carbons (Fsp3) is 0.375. The summed E-state index contributed by atoms with van der Waals surface area (Å²) in [4.78, 5) is 34.7. The van der Waals surface area contributed by atoms with Crippen LogP contribution in [-0.4, -0.2) is 29.2 Å². The zero-order valence-electron chi connectivity index (χ0n) is 13.6. The standard InChI is InChI=1S/C16H16F3NO5/c1-4-9(3)13(21)15(25-5-2)14(22)11-7-6-10(16(17,18)19)8-12(11)20(23)24/h6-8,15H,3-5H2,1-2H3. The Morgan fingerprint density at radius 1 is 1.32 bits per heavy atom. The van der Waals surface area contributed by atoms with Gasteiger partial charge in [0, 0.05) is 12.7 Å². The maximum atomic E-state index is 12.7. The van der Waals surface area contributed by atoms with Crippen molar-refractivity contribution < 1.29 is 32.4 Å². The number of nitrogens with zero attached hydrogens (tertiary/aromatic N) is 1. The number of rotatable bonds is 8. The van der Waals surface area contributed by atoms with Gasteiger partial charge in [-0.2, -0.15) is 13.2 Å². The van der Waals surface area contributed by atoms with Crippen molar-refractivity contribution in [3.63, 3.8) is 0 Å². The summed E-state index contributed by atoms with van der Waals surface area (Å²) in [6.45, 7) is 6.57. The maximum absolute atomic E-state index is 12.7. The van der Waals surface area contributed by atoms with Crippen LogP contribution in [0.3, 0.4) is 0 Å². The number of carbonyl (C=O) groups excluding carboxylic acids is 2. The molecule has 0 amide bonds. The minimum Gasteiger partial charge on any atom is -0.362 e. The van der Waals surface area contributed by atoms with Crippen LogP contribution in [0.5, 0.6) is 0 Å². The number of ether oxygens (including phenoxy) is 1. The fourth-order valence-corrected chi connectivity index (χ4v) is 2.01. The number of nitro benzene ring substituents is 1. The molecule has 0 heterocycles. The molecule has 0 spiro atoms. The van der Waals surface area contributed by atoms with Gasteiger partial charge in [0.1, 0.15) is 0 Å². The van der Waals surface area contributed by atoms with Crippen LogP contribution in [0.15, 0.2) is 30.4 Å². The van der Waals surface area contributed by atoms with E-state index in [2.05, 4.69) is 6.58 Å². The second kappa shape index (κ2) is 8.02. The van der Waals surface area contributed by atoms with Crippen molar-refractivity contribution >= 4 is 17.3 Å². The number of carbonyl (C=O) groups is 2. The summed E-state index contributed by atoms with van der Waals surface area (Å²) in [5, 5.41) is 11.1. The summed E-state index contributed by atoms with van der Waals surface area (Å²) >= 11 is 0. The maximum Gasteiger partial charge on any atom is 0.416 e. The molecule has 9 heteroatoms. The normalized spacial score (nSPS) is 12.5. The minimum absolute atomic E-state index is 0.0480. The Morgan fingerprint density at radius 3 is 2.36 bits per heavy atom. The summed E-state index contributed by atoms with van der Waals surface area (Å²) in [7, 11) is 0. The van der Waals surface area contributed by atoms with Crippen LogP contribution in [0.25, 0.3) is 0 Å². The number of hydrogen-bond donors (Lipinski definition) is 0. The molecule has 0 saturated heterocycles. The number of ketones is 2. The number of Topliss-reactive ketones (excluding diaryl/α,β-unsaturated/α-hetero) is 2. The highest BCUT2D eigenvalue weighted by Gasteiger charge is 2.37. The van der Waals surface area contributed by atoms with Crippen LogP contribution >= 0.6 is 0 Å². The van der Waals surface area contributed by atoms with E-state index >= 15 is 0 Å². The second-order valence-corrected chi connectivity index (χ2v) is 5.01. The van der Waals surface area contributed by atoms with Gasteiger partial charge in [-0.25, -0.2) is 0 Å². The van der Waals surface area contributed by atoms with E-state index in [1.165, 1.54) is 6.92 Å². The number of benzene rings is 1. The van der Waals surface area contributed by atoms with E-state index in [1.54, 1.807) is 6.92 Å². The molecule has 1 atom stereocenters. The molecule has 0 fully saturated rings. The van der Waals surface area contributed by atoms with Crippen LogP contribution in [0.2, 0.25) is 0 Å². The van der Waals surface area contributed by atoms with E-state index in [-0.39, 0.29) is 24.7 Å². The van der Waals surface area contributed by atoms with Gasteiger partial charge in [-0.3, -0.25) is 19.7 Å². The third-order valence-corrected chi connectivity index (χ3v) is 3.37. The lowest BCUT2D eigenvalue weighted by atomic mass is 9.96. The molecule has 0 aliphatic heterocycles. The third-order valence-electron chi connectivity index (χ3n) is 3.37. The van der Waals surface area contributed by atoms with Crippen molar-refractivity contribution in [1.29, 1.82) is 0 Å². The molecule has 1 rings (SSSR count). The number of halogens is 3. The van der Waals surface area contributed by atoms with E-state index in [0.29, 0.717) is 12.1 Å². The van der Waals surface area contributed by atoms with Gasteiger partial charge in [0.15, 0.2) is 11.9 Å². The number of alkyl halides is 3. The molecule has 0 radical (unpaired) electrons. The first-order valence-corrected chi connectivity index (χ1v) is 7.28. The molecule has 0 N–H and O–H groups in total. The Bertz CT molecular complexity index is 712. The zero-order chi connectivity index (χ0) is 19.4. The van der Waals surface area contributed by atoms with Crippen molar-refractivity contribution in [1.82, 2.24) is 0 Å². The lowest BCUT2D eigenvalue weighted by Gasteiger charge is -2.16. The summed E-state index contributed by atoms with van der Waals surface area (Å²) < 4.78 is 43.2. The molecule has 6 nitrogen and oxygen atoms in total. The van der Waals surface area contributed by atoms with Gasteiger partial charge >= 0.3 is 6.18 Å². The van der Waals surface area contributed by atoms with Crippen molar-refractivity contribution in [3.05, 3.63) is 51.6 Å². The Balaban J connectivity index is 3.41. The molecule has 0 saturated carbocycles. The van der Waals surface area contributed by atoms with Gasteiger partial charge in [-0.05, 0) is 31.1 Å². The van der Waals surface area contributed by atoms with Crippen molar-refractivity contribution in [2.24, 2.45) is 0 Å². The van der Waals surface area contributed by atoms with E-state index in [4.69, 9.17) is 4.74 Å². The predicted molar refractivity (Wildman–Crippen MR) is 82.3 cm³/mol. The number of hydrogen-bond acceptors (Lipinski definition) is 5. The van der Waals surface area contributed by atoms with Crippen LogP contribution in [0, 0.1) is 10.1 Å².